The molecule has 0 aliphatic rings. The van der Waals surface area contributed by atoms with E-state index < -0.39 is 4.92 Å². The van der Waals surface area contributed by atoms with Crippen LogP contribution in [0.3, 0.4) is 0 Å². The Bertz CT molecular complexity index is 671. The quantitative estimate of drug-likeness (QED) is 0.372. The van der Waals surface area contributed by atoms with Gasteiger partial charge < -0.3 is 10.6 Å². The molecule has 2 aromatic rings. The average Bonchev–Trinajstić information content (AvgIpc) is 2.58. The normalized spacial score (nSPS) is 11.1. The second-order valence-electron chi connectivity index (χ2n) is 4.96. The Kier molecular flexibility index (Phi) is 6.11. The highest BCUT2D eigenvalue weighted by atomic mass is 16.6. The Hall–Kier alpha value is -2.89. The molecule has 6 nitrogen and oxygen atoms in total. The Morgan fingerprint density at radius 3 is 2.52 bits per heavy atom. The Labute approximate surface area is 135 Å². The van der Waals surface area contributed by atoms with Crippen LogP contribution in [-0.4, -0.2) is 17.4 Å². The van der Waals surface area contributed by atoms with Crippen LogP contribution >= 0.6 is 0 Å². The van der Waals surface area contributed by atoms with Crippen LogP contribution in [0.1, 0.15) is 18.1 Å². The number of hydrogen-bond donors (Lipinski definition) is 2. The SMILES string of the molecule is CCNC(=NCc1cccc([N+](=O)[O-])c1)NCc1ccccc1. The van der Waals surface area contributed by atoms with Gasteiger partial charge in [-0.3, -0.25) is 10.1 Å². The van der Waals surface area contributed by atoms with Crippen molar-refractivity contribution in [2.75, 3.05) is 6.54 Å². The summed E-state index contributed by atoms with van der Waals surface area (Å²) in [5, 5.41) is 17.2. The van der Waals surface area contributed by atoms with E-state index in [0.29, 0.717) is 19.0 Å². The van der Waals surface area contributed by atoms with Crippen LogP contribution in [0.25, 0.3) is 0 Å². The van der Waals surface area contributed by atoms with E-state index in [-0.39, 0.29) is 5.69 Å². The van der Waals surface area contributed by atoms with Crippen LogP contribution in [0.2, 0.25) is 0 Å². The fourth-order valence-corrected chi connectivity index (χ4v) is 2.06. The molecule has 0 saturated heterocycles. The van der Waals surface area contributed by atoms with E-state index in [4.69, 9.17) is 0 Å². The molecule has 120 valence electrons. The summed E-state index contributed by atoms with van der Waals surface area (Å²) in [5.74, 6) is 0.683. The summed E-state index contributed by atoms with van der Waals surface area (Å²) in [6, 6.07) is 16.6. The molecule has 0 heterocycles. The standard InChI is InChI=1S/C17H20N4O2/c1-2-18-17(19-12-14-7-4-3-5-8-14)20-13-15-9-6-10-16(11-15)21(22)23/h3-11H,2,12-13H2,1H3,(H2,18,19,20). The first kappa shape index (κ1) is 16.5. The lowest BCUT2D eigenvalue weighted by atomic mass is 10.2. The fourth-order valence-electron chi connectivity index (χ4n) is 2.06. The number of guanidine groups is 1. The van der Waals surface area contributed by atoms with Gasteiger partial charge >= 0.3 is 0 Å². The van der Waals surface area contributed by atoms with E-state index in [1.54, 1.807) is 12.1 Å². The van der Waals surface area contributed by atoms with E-state index in [9.17, 15) is 10.1 Å². The number of nitrogens with zero attached hydrogens (tertiary/aromatic N) is 2. The van der Waals surface area contributed by atoms with Crippen LogP contribution in [0.15, 0.2) is 59.6 Å². The zero-order valence-electron chi connectivity index (χ0n) is 13.0. The minimum absolute atomic E-state index is 0.0833. The van der Waals surface area contributed by atoms with Gasteiger partial charge in [-0.05, 0) is 18.1 Å². The largest absolute Gasteiger partial charge is 0.357 e. The van der Waals surface area contributed by atoms with E-state index in [2.05, 4.69) is 15.6 Å². The van der Waals surface area contributed by atoms with Crippen LogP contribution in [0.5, 0.6) is 0 Å². The number of rotatable bonds is 6. The lowest BCUT2D eigenvalue weighted by molar-refractivity contribution is -0.384. The van der Waals surface area contributed by atoms with Crippen molar-refractivity contribution in [3.8, 4) is 0 Å². The second-order valence-corrected chi connectivity index (χ2v) is 4.96. The highest BCUT2D eigenvalue weighted by Gasteiger charge is 2.05. The van der Waals surface area contributed by atoms with Gasteiger partial charge in [-0.1, -0.05) is 42.5 Å². The first-order valence-electron chi connectivity index (χ1n) is 7.48. The molecule has 0 unspecified atom stereocenters. The number of hydrogen-bond acceptors (Lipinski definition) is 3. The van der Waals surface area contributed by atoms with Gasteiger partial charge in [-0.25, -0.2) is 4.99 Å². The molecule has 0 amide bonds. The summed E-state index contributed by atoms with van der Waals surface area (Å²) < 4.78 is 0. The summed E-state index contributed by atoms with van der Waals surface area (Å²) in [5.41, 5.74) is 2.05. The number of nitro groups is 1. The van der Waals surface area contributed by atoms with E-state index in [1.165, 1.54) is 6.07 Å². The Balaban J connectivity index is 2.00. The number of nitrogens with one attached hydrogen (secondary N) is 2. The molecular weight excluding hydrogens is 292 g/mol. The molecule has 0 spiro atoms. The van der Waals surface area contributed by atoms with Crippen LogP contribution in [0.4, 0.5) is 5.69 Å². The van der Waals surface area contributed by atoms with Crippen molar-refractivity contribution in [2.24, 2.45) is 4.99 Å². The average molecular weight is 312 g/mol. The number of non-ortho nitro benzene ring substituents is 1. The monoisotopic (exact) mass is 312 g/mol. The summed E-state index contributed by atoms with van der Waals surface area (Å²) in [4.78, 5) is 14.9. The summed E-state index contributed by atoms with van der Waals surface area (Å²) in [7, 11) is 0. The molecule has 2 aromatic carbocycles. The van der Waals surface area contributed by atoms with Gasteiger partial charge in [0, 0.05) is 25.2 Å². The zero-order chi connectivity index (χ0) is 16.5. The number of benzene rings is 2. The predicted octanol–water partition coefficient (Wildman–Crippen LogP) is 2.85. The van der Waals surface area contributed by atoms with E-state index >= 15 is 0 Å². The third-order valence-corrected chi connectivity index (χ3v) is 3.19. The van der Waals surface area contributed by atoms with Crippen molar-refractivity contribution in [3.05, 3.63) is 75.8 Å². The van der Waals surface area contributed by atoms with Gasteiger partial charge in [0.25, 0.3) is 5.69 Å². The van der Waals surface area contributed by atoms with Crippen molar-refractivity contribution in [1.82, 2.24) is 10.6 Å². The minimum Gasteiger partial charge on any atom is -0.357 e. The van der Waals surface area contributed by atoms with Gasteiger partial charge in [0.05, 0.1) is 11.5 Å². The molecule has 6 heteroatoms. The van der Waals surface area contributed by atoms with Gasteiger partial charge in [0.2, 0.25) is 0 Å². The highest BCUT2D eigenvalue weighted by molar-refractivity contribution is 5.79. The molecule has 0 aliphatic heterocycles. The maximum absolute atomic E-state index is 10.8. The number of nitro benzene ring substituents is 1. The van der Waals surface area contributed by atoms with E-state index in [0.717, 1.165) is 17.7 Å². The zero-order valence-corrected chi connectivity index (χ0v) is 13.0. The molecule has 0 atom stereocenters. The third kappa shape index (κ3) is 5.43. The molecule has 0 fully saturated rings. The molecule has 23 heavy (non-hydrogen) atoms. The van der Waals surface area contributed by atoms with Gasteiger partial charge in [0.15, 0.2) is 5.96 Å². The van der Waals surface area contributed by atoms with Crippen LogP contribution in [-0.2, 0) is 13.1 Å². The maximum Gasteiger partial charge on any atom is 0.269 e. The van der Waals surface area contributed by atoms with Gasteiger partial charge in [-0.15, -0.1) is 0 Å². The second kappa shape index (κ2) is 8.53. The molecule has 0 saturated carbocycles. The highest BCUT2D eigenvalue weighted by Crippen LogP contribution is 2.13. The van der Waals surface area contributed by atoms with Crippen molar-refractivity contribution < 1.29 is 4.92 Å². The molecule has 0 aromatic heterocycles. The fraction of sp³-hybridized carbons (Fsp3) is 0.235. The Morgan fingerprint density at radius 2 is 1.83 bits per heavy atom. The minimum atomic E-state index is -0.397. The Morgan fingerprint density at radius 1 is 1.09 bits per heavy atom. The summed E-state index contributed by atoms with van der Waals surface area (Å²) in [6.45, 7) is 3.79. The van der Waals surface area contributed by atoms with E-state index in [1.807, 2.05) is 43.3 Å². The molecule has 2 rings (SSSR count). The van der Waals surface area contributed by atoms with Crippen LogP contribution < -0.4 is 10.6 Å². The van der Waals surface area contributed by atoms with Crippen molar-refractivity contribution in [2.45, 2.75) is 20.0 Å². The topological polar surface area (TPSA) is 79.6 Å². The molecular formula is C17H20N4O2. The van der Waals surface area contributed by atoms with Crippen LogP contribution in [0, 0.1) is 10.1 Å². The predicted molar refractivity (Wildman–Crippen MR) is 91.2 cm³/mol. The van der Waals surface area contributed by atoms with Gasteiger partial charge in [-0.2, -0.15) is 0 Å². The third-order valence-electron chi connectivity index (χ3n) is 3.19. The molecule has 0 aliphatic carbocycles. The molecule has 2 N–H and O–H groups in total. The van der Waals surface area contributed by atoms with Crippen molar-refractivity contribution >= 4 is 11.6 Å². The maximum atomic E-state index is 10.8. The lowest BCUT2D eigenvalue weighted by Gasteiger charge is -2.11. The van der Waals surface area contributed by atoms with Gasteiger partial charge in [0.1, 0.15) is 0 Å². The first-order valence-corrected chi connectivity index (χ1v) is 7.48. The summed E-state index contributed by atoms with van der Waals surface area (Å²) in [6.07, 6.45) is 0. The van der Waals surface area contributed by atoms with Crippen molar-refractivity contribution in [1.29, 1.82) is 0 Å². The summed E-state index contributed by atoms with van der Waals surface area (Å²) >= 11 is 0. The molecule has 0 bridgehead atoms. The first-order chi connectivity index (χ1) is 11.2. The number of aliphatic imine (C=N–C) groups is 1. The van der Waals surface area contributed by atoms with Crippen molar-refractivity contribution in [3.63, 3.8) is 0 Å². The molecule has 0 radical (unpaired) electrons. The lowest BCUT2D eigenvalue weighted by Crippen LogP contribution is -2.36. The smallest absolute Gasteiger partial charge is 0.269 e.